The summed E-state index contributed by atoms with van der Waals surface area (Å²) in [6, 6.07) is 8.47. The van der Waals surface area contributed by atoms with Crippen LogP contribution in [-0.4, -0.2) is 46.3 Å². The molecule has 0 atom stereocenters. The highest BCUT2D eigenvalue weighted by molar-refractivity contribution is 6.01. The quantitative estimate of drug-likeness (QED) is 0.147. The molecule has 0 bridgehead atoms. The van der Waals surface area contributed by atoms with Crippen LogP contribution < -0.4 is 9.78 Å². The molecule has 0 aliphatic rings. The summed E-state index contributed by atoms with van der Waals surface area (Å²) in [6.45, 7) is 20.2. The van der Waals surface area contributed by atoms with Gasteiger partial charge in [0.2, 0.25) is 11.5 Å². The van der Waals surface area contributed by atoms with Gasteiger partial charge in [-0.05, 0) is 107 Å². The second-order valence-corrected chi connectivity index (χ2v) is 13.5. The van der Waals surface area contributed by atoms with Crippen molar-refractivity contribution in [3.05, 3.63) is 58.7 Å². The summed E-state index contributed by atoms with van der Waals surface area (Å²) in [6.07, 6.45) is 0. The molecule has 10 nitrogen and oxygen atoms in total. The summed E-state index contributed by atoms with van der Waals surface area (Å²) >= 11 is 0. The highest BCUT2D eigenvalue weighted by Crippen LogP contribution is 2.33. The van der Waals surface area contributed by atoms with Crippen LogP contribution in [0.2, 0.25) is 0 Å². The van der Waals surface area contributed by atoms with Gasteiger partial charge in [0.15, 0.2) is 0 Å². The molecular weight excluding hydrogens is 544 g/mol. The van der Waals surface area contributed by atoms with Crippen LogP contribution in [-0.2, 0) is 18.9 Å². The predicted molar refractivity (Wildman–Crippen MR) is 155 cm³/mol. The van der Waals surface area contributed by atoms with Crippen LogP contribution in [0.25, 0.3) is 0 Å². The number of benzene rings is 2. The van der Waals surface area contributed by atoms with Gasteiger partial charge in [0.25, 0.3) is 0 Å². The third-order valence-corrected chi connectivity index (χ3v) is 4.71. The largest absolute Gasteiger partial charge is 0.456 e. The maximum Gasteiger partial charge on any atom is 0.342 e. The zero-order valence-electron chi connectivity index (χ0n) is 26.5. The second kappa shape index (κ2) is 12.4. The first-order valence-electron chi connectivity index (χ1n) is 13.5. The van der Waals surface area contributed by atoms with Gasteiger partial charge in [-0.2, -0.15) is 0 Å². The number of carbonyl (C=O) groups excluding carboxylic acids is 4. The molecule has 0 fully saturated rings. The van der Waals surface area contributed by atoms with Gasteiger partial charge in [0.05, 0.1) is 0 Å². The standard InChI is InChI=1S/C32H42O10/c1-29(2,3)37-25(33)19-15-13-16-20(26(34)38-30(4,5)6)23(19)41-42-24-21(27(35)39-31(7,8)9)17-14-18-22(24)28(36)40-32(10,11)12/h13-18H,1-12H3. The van der Waals surface area contributed by atoms with Gasteiger partial charge in [-0.25, -0.2) is 19.2 Å². The Kier molecular flexibility index (Phi) is 10.1. The summed E-state index contributed by atoms with van der Waals surface area (Å²) < 4.78 is 22.0. The maximum absolute atomic E-state index is 13.2. The number of rotatable bonds is 7. The van der Waals surface area contributed by atoms with E-state index in [1.807, 2.05) is 0 Å². The summed E-state index contributed by atoms with van der Waals surface area (Å²) in [4.78, 5) is 63.9. The zero-order valence-corrected chi connectivity index (χ0v) is 26.5. The molecule has 0 amide bonds. The first-order chi connectivity index (χ1) is 19.0. The fourth-order valence-electron chi connectivity index (χ4n) is 3.31. The van der Waals surface area contributed by atoms with E-state index < -0.39 is 46.3 Å². The number of hydrogen-bond acceptors (Lipinski definition) is 10. The Morgan fingerprint density at radius 1 is 0.405 bits per heavy atom. The fourth-order valence-corrected chi connectivity index (χ4v) is 3.31. The lowest BCUT2D eigenvalue weighted by molar-refractivity contribution is -0.104. The lowest BCUT2D eigenvalue weighted by atomic mass is 10.1. The Balaban J connectivity index is 2.71. The van der Waals surface area contributed by atoms with E-state index in [0.29, 0.717) is 0 Å². The predicted octanol–water partition coefficient (Wildman–Crippen LogP) is 6.88. The lowest BCUT2D eigenvalue weighted by Crippen LogP contribution is -2.28. The normalized spacial score (nSPS) is 12.2. The van der Waals surface area contributed by atoms with Crippen molar-refractivity contribution in [2.24, 2.45) is 0 Å². The zero-order chi connectivity index (χ0) is 32.3. The molecule has 0 saturated heterocycles. The second-order valence-electron chi connectivity index (χ2n) is 13.5. The molecule has 0 saturated carbocycles. The van der Waals surface area contributed by atoms with E-state index in [2.05, 4.69) is 0 Å². The van der Waals surface area contributed by atoms with E-state index in [1.54, 1.807) is 83.1 Å². The topological polar surface area (TPSA) is 124 Å². The van der Waals surface area contributed by atoms with Crippen LogP contribution >= 0.6 is 0 Å². The minimum Gasteiger partial charge on any atom is -0.456 e. The van der Waals surface area contributed by atoms with Crippen molar-refractivity contribution in [2.75, 3.05) is 0 Å². The van der Waals surface area contributed by atoms with Crippen molar-refractivity contribution in [3.8, 4) is 11.5 Å². The molecule has 0 aromatic heterocycles. The van der Waals surface area contributed by atoms with E-state index in [1.165, 1.54) is 36.4 Å². The molecule has 230 valence electrons. The van der Waals surface area contributed by atoms with E-state index in [4.69, 9.17) is 28.7 Å². The Morgan fingerprint density at radius 3 is 0.762 bits per heavy atom. The Hall–Kier alpha value is -4.08. The highest BCUT2D eigenvalue weighted by atomic mass is 17.2. The molecule has 42 heavy (non-hydrogen) atoms. The fraction of sp³-hybridized carbons (Fsp3) is 0.500. The summed E-state index contributed by atoms with van der Waals surface area (Å²) in [5.41, 5.74) is -4.09. The number of esters is 4. The highest BCUT2D eigenvalue weighted by Gasteiger charge is 2.32. The number of hydrogen-bond donors (Lipinski definition) is 0. The van der Waals surface area contributed by atoms with E-state index in [-0.39, 0.29) is 33.8 Å². The van der Waals surface area contributed by atoms with Crippen molar-refractivity contribution >= 4 is 23.9 Å². The molecule has 0 N–H and O–H groups in total. The lowest BCUT2D eigenvalue weighted by Gasteiger charge is -2.24. The summed E-state index contributed by atoms with van der Waals surface area (Å²) in [5, 5.41) is 0. The molecule has 0 unspecified atom stereocenters. The summed E-state index contributed by atoms with van der Waals surface area (Å²) in [5.74, 6) is -3.90. The molecule has 0 spiro atoms. The van der Waals surface area contributed by atoms with Gasteiger partial charge in [-0.15, -0.1) is 0 Å². The molecule has 0 heterocycles. The van der Waals surface area contributed by atoms with Crippen molar-refractivity contribution in [1.29, 1.82) is 0 Å². The number of carbonyl (C=O) groups is 4. The molecule has 10 heteroatoms. The van der Waals surface area contributed by atoms with Gasteiger partial charge < -0.3 is 18.9 Å². The minimum atomic E-state index is -0.871. The average molecular weight is 587 g/mol. The van der Waals surface area contributed by atoms with Crippen LogP contribution in [0.3, 0.4) is 0 Å². The average Bonchev–Trinajstić information content (AvgIpc) is 2.77. The van der Waals surface area contributed by atoms with E-state index >= 15 is 0 Å². The molecular formula is C32H42O10. The Morgan fingerprint density at radius 2 is 0.595 bits per heavy atom. The molecule has 0 aliphatic carbocycles. The van der Waals surface area contributed by atoms with Crippen molar-refractivity contribution < 1.29 is 47.9 Å². The molecule has 2 aromatic carbocycles. The van der Waals surface area contributed by atoms with Gasteiger partial charge in [-0.3, -0.25) is 9.78 Å². The molecule has 0 aliphatic heterocycles. The molecule has 0 radical (unpaired) electrons. The van der Waals surface area contributed by atoms with Gasteiger partial charge in [0, 0.05) is 0 Å². The third kappa shape index (κ3) is 10.4. The van der Waals surface area contributed by atoms with Crippen molar-refractivity contribution in [2.45, 2.75) is 105 Å². The van der Waals surface area contributed by atoms with Crippen LogP contribution in [0.4, 0.5) is 0 Å². The van der Waals surface area contributed by atoms with Crippen LogP contribution in [0.1, 0.15) is 125 Å². The first kappa shape index (κ1) is 34.1. The van der Waals surface area contributed by atoms with Gasteiger partial charge in [-0.1, -0.05) is 12.1 Å². The third-order valence-electron chi connectivity index (χ3n) is 4.71. The maximum atomic E-state index is 13.2. The number of para-hydroxylation sites is 2. The Bertz CT molecular complexity index is 1130. The van der Waals surface area contributed by atoms with E-state index in [0.717, 1.165) is 0 Å². The van der Waals surface area contributed by atoms with Gasteiger partial charge in [0.1, 0.15) is 44.7 Å². The van der Waals surface area contributed by atoms with Crippen molar-refractivity contribution in [1.82, 2.24) is 0 Å². The van der Waals surface area contributed by atoms with Crippen molar-refractivity contribution in [3.63, 3.8) is 0 Å². The molecule has 2 aromatic rings. The Labute approximate surface area is 247 Å². The van der Waals surface area contributed by atoms with Crippen LogP contribution in [0.5, 0.6) is 11.5 Å². The molecule has 2 rings (SSSR count). The van der Waals surface area contributed by atoms with Crippen LogP contribution in [0.15, 0.2) is 36.4 Å². The SMILES string of the molecule is CC(C)(C)OC(=O)c1cccc(C(=O)OC(C)(C)C)c1OOc1c(C(=O)OC(C)(C)C)cccc1C(=O)OC(C)(C)C. The minimum absolute atomic E-state index is 0.151. The smallest absolute Gasteiger partial charge is 0.342 e. The monoisotopic (exact) mass is 586 g/mol. The summed E-state index contributed by atoms with van der Waals surface area (Å²) in [7, 11) is 0. The first-order valence-corrected chi connectivity index (χ1v) is 13.5. The van der Waals surface area contributed by atoms with E-state index in [9.17, 15) is 19.2 Å². The number of ether oxygens (including phenoxy) is 4. The van der Waals surface area contributed by atoms with Crippen LogP contribution in [0, 0.1) is 0 Å². The van der Waals surface area contributed by atoms with Gasteiger partial charge >= 0.3 is 23.9 Å².